The summed E-state index contributed by atoms with van der Waals surface area (Å²) >= 11 is 0. The number of halogens is 3. The Kier molecular flexibility index (Phi) is 5.23. The molecule has 5 nitrogen and oxygen atoms in total. The van der Waals surface area contributed by atoms with E-state index < -0.39 is 12.6 Å². The van der Waals surface area contributed by atoms with E-state index in [9.17, 15) is 13.2 Å². The average Bonchev–Trinajstić information content (AvgIpc) is 2.81. The monoisotopic (exact) mass is 327 g/mol. The highest BCUT2D eigenvalue weighted by atomic mass is 19.4. The van der Waals surface area contributed by atoms with E-state index in [1.165, 1.54) is 12.3 Å². The Morgan fingerprint density at radius 3 is 2.65 bits per heavy atom. The minimum Gasteiger partial charge on any atom is -0.352 e. The molecule has 0 amide bonds. The van der Waals surface area contributed by atoms with Crippen molar-refractivity contribution in [2.24, 2.45) is 0 Å². The van der Waals surface area contributed by atoms with Crippen LogP contribution in [-0.4, -0.2) is 32.5 Å². The van der Waals surface area contributed by atoms with Crippen LogP contribution < -0.4 is 5.32 Å². The number of alkyl halides is 3. The second kappa shape index (κ2) is 6.97. The van der Waals surface area contributed by atoms with E-state index in [0.717, 1.165) is 11.4 Å². The molecule has 0 saturated carbocycles. The van der Waals surface area contributed by atoms with Gasteiger partial charge in [0, 0.05) is 30.6 Å². The molecule has 0 aliphatic heterocycles. The van der Waals surface area contributed by atoms with Gasteiger partial charge in [-0.15, -0.1) is 0 Å². The second-order valence-corrected chi connectivity index (χ2v) is 5.59. The maximum atomic E-state index is 12.3. The van der Waals surface area contributed by atoms with Gasteiger partial charge in [0.2, 0.25) is 5.95 Å². The Labute approximate surface area is 133 Å². The van der Waals surface area contributed by atoms with Gasteiger partial charge in [0.1, 0.15) is 0 Å². The zero-order valence-corrected chi connectivity index (χ0v) is 13.4. The highest BCUT2D eigenvalue weighted by Gasteiger charge is 2.26. The zero-order valence-electron chi connectivity index (χ0n) is 13.4. The predicted octanol–water partition coefficient (Wildman–Crippen LogP) is 3.46. The van der Waals surface area contributed by atoms with Crippen LogP contribution in [0.4, 0.5) is 19.1 Å². The van der Waals surface area contributed by atoms with Gasteiger partial charge in [-0.25, -0.2) is 9.97 Å². The third-order valence-electron chi connectivity index (χ3n) is 3.40. The number of hydrogen-bond acceptors (Lipinski definition) is 4. The molecule has 0 saturated heterocycles. The number of aromatic nitrogens is 4. The zero-order chi connectivity index (χ0) is 17.0. The van der Waals surface area contributed by atoms with Crippen molar-refractivity contribution >= 4 is 5.95 Å². The van der Waals surface area contributed by atoms with E-state index in [0.29, 0.717) is 18.2 Å². The third-order valence-corrected chi connectivity index (χ3v) is 3.40. The number of nitrogens with one attached hydrogen (secondary N) is 1. The lowest BCUT2D eigenvalue weighted by Gasteiger charge is -2.15. The first kappa shape index (κ1) is 17.2. The Hall–Kier alpha value is -2.12. The van der Waals surface area contributed by atoms with Gasteiger partial charge in [-0.3, -0.25) is 4.68 Å². The van der Waals surface area contributed by atoms with Crippen LogP contribution in [-0.2, 0) is 6.42 Å². The van der Waals surface area contributed by atoms with Gasteiger partial charge in [0.05, 0.1) is 11.7 Å². The number of rotatable bonds is 6. The molecule has 2 aromatic heterocycles. The molecule has 0 aromatic carbocycles. The van der Waals surface area contributed by atoms with Gasteiger partial charge in [0.25, 0.3) is 0 Å². The quantitative estimate of drug-likeness (QED) is 0.883. The summed E-state index contributed by atoms with van der Waals surface area (Å²) in [5.41, 5.74) is 2.37. The summed E-state index contributed by atoms with van der Waals surface area (Å²) < 4.78 is 38.7. The van der Waals surface area contributed by atoms with E-state index >= 15 is 0 Å². The molecule has 1 atom stereocenters. The first-order valence-corrected chi connectivity index (χ1v) is 7.40. The molecular formula is C15H20F3N5. The third kappa shape index (κ3) is 5.22. The lowest BCUT2D eigenvalue weighted by molar-refractivity contribution is -0.134. The van der Waals surface area contributed by atoms with Crippen molar-refractivity contribution in [1.29, 1.82) is 0 Å². The van der Waals surface area contributed by atoms with Crippen molar-refractivity contribution < 1.29 is 13.2 Å². The Morgan fingerprint density at radius 1 is 1.30 bits per heavy atom. The lowest BCUT2D eigenvalue weighted by Crippen LogP contribution is -2.19. The molecule has 0 fully saturated rings. The van der Waals surface area contributed by atoms with E-state index in [4.69, 9.17) is 0 Å². The van der Waals surface area contributed by atoms with Crippen molar-refractivity contribution in [3.05, 3.63) is 35.4 Å². The molecule has 0 bridgehead atoms. The second-order valence-electron chi connectivity index (χ2n) is 5.59. The van der Waals surface area contributed by atoms with E-state index in [-0.39, 0.29) is 12.5 Å². The van der Waals surface area contributed by atoms with Gasteiger partial charge >= 0.3 is 6.18 Å². The number of nitrogens with zero attached hydrogens (tertiary/aromatic N) is 4. The summed E-state index contributed by atoms with van der Waals surface area (Å²) in [6.45, 7) is 6.44. The number of hydrogen-bond donors (Lipinski definition) is 1. The topological polar surface area (TPSA) is 55.6 Å². The highest BCUT2D eigenvalue weighted by molar-refractivity contribution is 5.25. The molecule has 0 aliphatic carbocycles. The van der Waals surface area contributed by atoms with E-state index in [2.05, 4.69) is 20.4 Å². The lowest BCUT2D eigenvalue weighted by atomic mass is 10.2. The van der Waals surface area contributed by atoms with Crippen molar-refractivity contribution in [1.82, 2.24) is 19.7 Å². The highest BCUT2D eigenvalue weighted by Crippen LogP contribution is 2.21. The molecule has 2 heterocycles. The molecule has 2 rings (SSSR count). The fraction of sp³-hybridized carbons (Fsp3) is 0.533. The molecule has 0 spiro atoms. The van der Waals surface area contributed by atoms with Crippen molar-refractivity contribution in [3.63, 3.8) is 0 Å². The largest absolute Gasteiger partial charge is 0.389 e. The van der Waals surface area contributed by atoms with Crippen LogP contribution in [0.3, 0.4) is 0 Å². The van der Waals surface area contributed by atoms with Gasteiger partial charge < -0.3 is 5.32 Å². The van der Waals surface area contributed by atoms with Crippen molar-refractivity contribution in [2.45, 2.75) is 45.8 Å². The summed E-state index contributed by atoms with van der Waals surface area (Å²) in [5, 5.41) is 7.46. The van der Waals surface area contributed by atoms with Crippen LogP contribution in [0.25, 0.3) is 0 Å². The summed E-state index contributed by atoms with van der Waals surface area (Å²) in [5.74, 6) is 0.332. The molecule has 126 valence electrons. The molecular weight excluding hydrogens is 307 g/mol. The molecule has 23 heavy (non-hydrogen) atoms. The average molecular weight is 327 g/mol. The van der Waals surface area contributed by atoms with Gasteiger partial charge in [0.15, 0.2) is 0 Å². The molecule has 0 aliphatic rings. The van der Waals surface area contributed by atoms with Crippen LogP contribution >= 0.6 is 0 Å². The fourth-order valence-electron chi connectivity index (χ4n) is 2.31. The molecule has 2 aromatic rings. The van der Waals surface area contributed by atoms with Crippen molar-refractivity contribution in [3.8, 4) is 0 Å². The van der Waals surface area contributed by atoms with Gasteiger partial charge in [-0.05, 0) is 39.3 Å². The van der Waals surface area contributed by atoms with Crippen LogP contribution in [0.1, 0.15) is 36.5 Å². The first-order chi connectivity index (χ1) is 10.7. The molecule has 0 radical (unpaired) electrons. The minimum absolute atomic E-state index is 0.0751. The summed E-state index contributed by atoms with van der Waals surface area (Å²) in [7, 11) is 0. The normalized spacial score (nSPS) is 13.1. The van der Waals surface area contributed by atoms with Gasteiger partial charge in [-0.2, -0.15) is 18.3 Å². The Bertz CT molecular complexity index is 651. The maximum absolute atomic E-state index is 12.3. The fourth-order valence-corrected chi connectivity index (χ4v) is 2.31. The standard InChI is InChI=1S/C15H20F3N5/c1-10-8-11(2)23(22-10)12(3)9-20-14-19-7-5-13(21-14)4-6-15(16,17)18/h5,7-8,12H,4,6,9H2,1-3H3,(H,19,20,21)/t12-/m1/s1. The maximum Gasteiger partial charge on any atom is 0.389 e. The van der Waals surface area contributed by atoms with Crippen LogP contribution in [0.2, 0.25) is 0 Å². The number of anilines is 1. The SMILES string of the molecule is Cc1cc(C)n([C@H](C)CNc2nccc(CCC(F)(F)F)n2)n1. The summed E-state index contributed by atoms with van der Waals surface area (Å²) in [6, 6.07) is 3.57. The smallest absolute Gasteiger partial charge is 0.352 e. The van der Waals surface area contributed by atoms with Crippen LogP contribution in [0.15, 0.2) is 18.3 Å². The van der Waals surface area contributed by atoms with Crippen LogP contribution in [0.5, 0.6) is 0 Å². The molecule has 8 heteroatoms. The summed E-state index contributed by atoms with van der Waals surface area (Å²) in [6.07, 6.45) is -3.74. The van der Waals surface area contributed by atoms with Crippen molar-refractivity contribution in [2.75, 3.05) is 11.9 Å². The van der Waals surface area contributed by atoms with Gasteiger partial charge in [-0.1, -0.05) is 0 Å². The van der Waals surface area contributed by atoms with E-state index in [1.807, 2.05) is 31.5 Å². The number of aryl methyl sites for hydroxylation is 3. The molecule has 0 unspecified atom stereocenters. The van der Waals surface area contributed by atoms with Crippen LogP contribution in [0, 0.1) is 13.8 Å². The minimum atomic E-state index is -4.18. The Morgan fingerprint density at radius 2 is 2.04 bits per heavy atom. The first-order valence-electron chi connectivity index (χ1n) is 7.40. The predicted molar refractivity (Wildman–Crippen MR) is 81.3 cm³/mol. The Balaban J connectivity index is 1.94. The molecule has 1 N–H and O–H groups in total. The van der Waals surface area contributed by atoms with E-state index in [1.54, 1.807) is 0 Å². The summed E-state index contributed by atoms with van der Waals surface area (Å²) in [4.78, 5) is 8.16.